The van der Waals surface area contributed by atoms with Crippen LogP contribution in [0.25, 0.3) is 11.1 Å². The van der Waals surface area contributed by atoms with Gasteiger partial charge in [-0.25, -0.2) is 0 Å². The number of hydrogen-bond acceptors (Lipinski definition) is 3. The molecule has 0 atom stereocenters. The van der Waals surface area contributed by atoms with Crippen molar-refractivity contribution in [2.75, 3.05) is 7.11 Å². The predicted molar refractivity (Wildman–Crippen MR) is 90.9 cm³/mol. The van der Waals surface area contributed by atoms with E-state index in [1.807, 2.05) is 60.7 Å². The van der Waals surface area contributed by atoms with Crippen molar-refractivity contribution < 1.29 is 14.6 Å². The van der Waals surface area contributed by atoms with Gasteiger partial charge in [-0.2, -0.15) is 0 Å². The molecule has 0 aliphatic rings. The number of benzene rings is 3. The minimum absolute atomic E-state index is 0.184. The molecule has 0 bridgehead atoms. The van der Waals surface area contributed by atoms with Crippen molar-refractivity contribution >= 4 is 0 Å². The standard InChI is InChI=1S/C20H18O3/c1-22-20-12-17(11-18(21)13-20)16-7-9-19(10-8-16)23-14-15-5-3-2-4-6-15/h2-13,21H,14H2,1H3. The first-order valence-electron chi connectivity index (χ1n) is 7.40. The zero-order valence-electron chi connectivity index (χ0n) is 12.9. The molecule has 0 heterocycles. The molecule has 0 unspecified atom stereocenters. The Morgan fingerprint density at radius 2 is 1.52 bits per heavy atom. The van der Waals surface area contributed by atoms with E-state index in [9.17, 15) is 5.11 Å². The lowest BCUT2D eigenvalue weighted by Crippen LogP contribution is -1.94. The van der Waals surface area contributed by atoms with Crippen LogP contribution in [0.5, 0.6) is 17.2 Å². The summed E-state index contributed by atoms with van der Waals surface area (Å²) in [5, 5.41) is 9.75. The van der Waals surface area contributed by atoms with Crippen molar-refractivity contribution in [1.29, 1.82) is 0 Å². The van der Waals surface area contributed by atoms with E-state index >= 15 is 0 Å². The number of aromatic hydroxyl groups is 1. The maximum atomic E-state index is 9.75. The SMILES string of the molecule is COc1cc(O)cc(-c2ccc(OCc3ccccc3)cc2)c1. The Morgan fingerprint density at radius 1 is 0.783 bits per heavy atom. The molecule has 0 amide bonds. The highest BCUT2D eigenvalue weighted by Crippen LogP contribution is 2.30. The topological polar surface area (TPSA) is 38.7 Å². The zero-order valence-corrected chi connectivity index (χ0v) is 12.9. The molecule has 116 valence electrons. The third kappa shape index (κ3) is 3.83. The Morgan fingerprint density at radius 3 is 2.22 bits per heavy atom. The van der Waals surface area contributed by atoms with Crippen LogP contribution in [0.1, 0.15) is 5.56 Å². The van der Waals surface area contributed by atoms with E-state index < -0.39 is 0 Å². The Kier molecular flexibility index (Phi) is 4.48. The predicted octanol–water partition coefficient (Wildman–Crippen LogP) is 4.65. The molecule has 0 aromatic heterocycles. The van der Waals surface area contributed by atoms with Crippen molar-refractivity contribution in [3.8, 4) is 28.4 Å². The Labute approximate surface area is 135 Å². The lowest BCUT2D eigenvalue weighted by molar-refractivity contribution is 0.306. The zero-order chi connectivity index (χ0) is 16.1. The summed E-state index contributed by atoms with van der Waals surface area (Å²) in [6, 6.07) is 23.0. The second kappa shape index (κ2) is 6.88. The number of methoxy groups -OCH3 is 1. The third-order valence-corrected chi connectivity index (χ3v) is 3.56. The molecule has 0 saturated carbocycles. The molecule has 0 radical (unpaired) electrons. The summed E-state index contributed by atoms with van der Waals surface area (Å²) in [6.07, 6.45) is 0. The maximum Gasteiger partial charge on any atom is 0.123 e. The smallest absolute Gasteiger partial charge is 0.123 e. The summed E-state index contributed by atoms with van der Waals surface area (Å²) >= 11 is 0. The molecular weight excluding hydrogens is 288 g/mol. The molecule has 3 aromatic rings. The van der Waals surface area contributed by atoms with Crippen molar-refractivity contribution in [1.82, 2.24) is 0 Å². The van der Waals surface area contributed by atoms with Gasteiger partial charge in [-0.3, -0.25) is 0 Å². The summed E-state index contributed by atoms with van der Waals surface area (Å²) in [4.78, 5) is 0. The lowest BCUT2D eigenvalue weighted by Gasteiger charge is -2.09. The summed E-state index contributed by atoms with van der Waals surface area (Å²) in [5.74, 6) is 1.62. The molecule has 3 heteroatoms. The van der Waals surface area contributed by atoms with Crippen LogP contribution >= 0.6 is 0 Å². The quantitative estimate of drug-likeness (QED) is 0.746. The Balaban J connectivity index is 1.73. The molecule has 0 aliphatic carbocycles. The normalized spacial score (nSPS) is 10.3. The number of ether oxygens (including phenoxy) is 2. The average Bonchev–Trinajstić information content (AvgIpc) is 2.60. The van der Waals surface area contributed by atoms with Crippen molar-refractivity contribution in [3.63, 3.8) is 0 Å². The summed E-state index contributed by atoms with van der Waals surface area (Å²) in [6.45, 7) is 0.542. The van der Waals surface area contributed by atoms with Crippen molar-refractivity contribution in [3.05, 3.63) is 78.4 Å². The van der Waals surface area contributed by atoms with Crippen LogP contribution in [0.3, 0.4) is 0 Å². The van der Waals surface area contributed by atoms with Gasteiger partial charge in [0.2, 0.25) is 0 Å². The molecule has 1 N–H and O–H groups in total. The van der Waals surface area contributed by atoms with Gasteiger partial charge in [0.05, 0.1) is 7.11 Å². The van der Waals surface area contributed by atoms with E-state index in [-0.39, 0.29) is 5.75 Å². The molecule has 3 rings (SSSR count). The van der Waals surface area contributed by atoms with E-state index in [4.69, 9.17) is 9.47 Å². The minimum Gasteiger partial charge on any atom is -0.508 e. The second-order valence-corrected chi connectivity index (χ2v) is 5.22. The number of hydrogen-bond donors (Lipinski definition) is 1. The summed E-state index contributed by atoms with van der Waals surface area (Å²) in [7, 11) is 1.58. The van der Waals surface area contributed by atoms with E-state index in [1.165, 1.54) is 0 Å². The van der Waals surface area contributed by atoms with Gasteiger partial charge >= 0.3 is 0 Å². The van der Waals surface area contributed by atoms with Gasteiger partial charge in [0.1, 0.15) is 23.9 Å². The van der Waals surface area contributed by atoms with Crippen molar-refractivity contribution in [2.45, 2.75) is 6.61 Å². The van der Waals surface area contributed by atoms with Gasteiger partial charge in [0.25, 0.3) is 0 Å². The van der Waals surface area contributed by atoms with Crippen LogP contribution in [-0.2, 0) is 6.61 Å². The molecular formula is C20H18O3. The van der Waals surface area contributed by atoms with Gasteiger partial charge in [-0.15, -0.1) is 0 Å². The van der Waals surface area contributed by atoms with Crippen LogP contribution in [0.15, 0.2) is 72.8 Å². The van der Waals surface area contributed by atoms with Crippen LogP contribution in [0, 0.1) is 0 Å². The monoisotopic (exact) mass is 306 g/mol. The highest BCUT2D eigenvalue weighted by atomic mass is 16.5. The van der Waals surface area contributed by atoms with Gasteiger partial charge in [-0.1, -0.05) is 42.5 Å². The molecule has 0 aliphatic heterocycles. The fourth-order valence-corrected chi connectivity index (χ4v) is 2.35. The van der Waals surface area contributed by atoms with Crippen molar-refractivity contribution in [2.24, 2.45) is 0 Å². The largest absolute Gasteiger partial charge is 0.508 e. The Hall–Kier alpha value is -2.94. The van der Waals surface area contributed by atoms with Crippen LogP contribution in [-0.4, -0.2) is 12.2 Å². The maximum absolute atomic E-state index is 9.75. The van der Waals surface area contributed by atoms with E-state index in [0.717, 1.165) is 22.4 Å². The highest BCUT2D eigenvalue weighted by Gasteiger charge is 2.04. The number of phenolic OH excluding ortho intramolecular Hbond substituents is 1. The van der Waals surface area contributed by atoms with Gasteiger partial charge in [0, 0.05) is 6.07 Å². The third-order valence-electron chi connectivity index (χ3n) is 3.56. The van der Waals surface area contributed by atoms with Gasteiger partial charge in [-0.05, 0) is 41.0 Å². The van der Waals surface area contributed by atoms with Gasteiger partial charge < -0.3 is 14.6 Å². The highest BCUT2D eigenvalue weighted by molar-refractivity contribution is 5.67. The summed E-state index contributed by atoms with van der Waals surface area (Å²) in [5.41, 5.74) is 3.03. The minimum atomic E-state index is 0.184. The summed E-state index contributed by atoms with van der Waals surface area (Å²) < 4.78 is 11.0. The van der Waals surface area contributed by atoms with Gasteiger partial charge in [0.15, 0.2) is 0 Å². The first kappa shape index (κ1) is 15.0. The molecule has 0 spiro atoms. The van der Waals surface area contributed by atoms with Crippen LogP contribution in [0.4, 0.5) is 0 Å². The molecule has 3 nitrogen and oxygen atoms in total. The molecule has 23 heavy (non-hydrogen) atoms. The molecule has 3 aromatic carbocycles. The fourth-order valence-electron chi connectivity index (χ4n) is 2.35. The first-order valence-corrected chi connectivity index (χ1v) is 7.40. The average molecular weight is 306 g/mol. The second-order valence-electron chi connectivity index (χ2n) is 5.22. The number of rotatable bonds is 5. The first-order chi connectivity index (χ1) is 11.2. The van der Waals surface area contributed by atoms with E-state index in [0.29, 0.717) is 12.4 Å². The van der Waals surface area contributed by atoms with Crippen LogP contribution in [0.2, 0.25) is 0 Å². The fraction of sp³-hybridized carbons (Fsp3) is 0.100. The lowest BCUT2D eigenvalue weighted by atomic mass is 10.0. The number of phenols is 1. The van der Waals surface area contributed by atoms with E-state index in [2.05, 4.69) is 0 Å². The Bertz CT molecular complexity index is 765. The molecule has 0 saturated heterocycles. The van der Waals surface area contributed by atoms with Crippen LogP contribution < -0.4 is 9.47 Å². The van der Waals surface area contributed by atoms with E-state index in [1.54, 1.807) is 19.2 Å². The molecule has 0 fully saturated rings.